The van der Waals surface area contributed by atoms with Crippen LogP contribution in [0.15, 0.2) is 41.3 Å². The molecule has 2 aromatic rings. The first kappa shape index (κ1) is 21.6. The number of likely N-dealkylation sites (tertiary alicyclic amines) is 1. The molecule has 1 aliphatic rings. The summed E-state index contributed by atoms with van der Waals surface area (Å²) in [5.41, 5.74) is 0.169. The molecule has 6 nitrogen and oxygen atoms in total. The topological polar surface area (TPSA) is 75.7 Å². The molecule has 0 bridgehead atoms. The second-order valence-corrected chi connectivity index (χ2v) is 8.79. The van der Waals surface area contributed by atoms with E-state index >= 15 is 0 Å². The van der Waals surface area contributed by atoms with Gasteiger partial charge in [-0.1, -0.05) is 23.2 Å². The monoisotopic (exact) mass is 464 g/mol. The number of anilines is 1. The van der Waals surface area contributed by atoms with Gasteiger partial charge in [0.05, 0.1) is 21.2 Å². The van der Waals surface area contributed by atoms with Gasteiger partial charge in [-0.3, -0.25) is 9.52 Å². The highest BCUT2D eigenvalue weighted by Gasteiger charge is 2.25. The van der Waals surface area contributed by atoms with E-state index in [0.717, 1.165) is 31.0 Å². The Bertz CT molecular complexity index is 1030. The second kappa shape index (κ2) is 8.73. The highest BCUT2D eigenvalue weighted by atomic mass is 35.5. The van der Waals surface area contributed by atoms with Crippen molar-refractivity contribution in [1.29, 1.82) is 0 Å². The van der Waals surface area contributed by atoms with Crippen molar-refractivity contribution in [3.63, 3.8) is 0 Å². The van der Waals surface area contributed by atoms with Crippen LogP contribution in [0.1, 0.15) is 23.2 Å². The van der Waals surface area contributed by atoms with Gasteiger partial charge < -0.3 is 9.64 Å². The molecule has 1 fully saturated rings. The Morgan fingerprint density at radius 2 is 1.79 bits per heavy atom. The molecule has 156 valence electrons. The molecule has 0 spiro atoms. The number of halogens is 4. The average molecular weight is 465 g/mol. The molecule has 0 radical (unpaired) electrons. The van der Waals surface area contributed by atoms with Crippen LogP contribution in [0, 0.1) is 0 Å². The van der Waals surface area contributed by atoms with E-state index in [0.29, 0.717) is 13.1 Å². The van der Waals surface area contributed by atoms with Gasteiger partial charge in [-0.25, -0.2) is 8.42 Å². The van der Waals surface area contributed by atoms with Crippen LogP contribution in [0.4, 0.5) is 14.5 Å². The molecule has 0 saturated carbocycles. The van der Waals surface area contributed by atoms with Crippen LogP contribution < -0.4 is 9.46 Å². The van der Waals surface area contributed by atoms with E-state index in [1.54, 1.807) is 4.90 Å². The minimum Gasteiger partial charge on any atom is -0.433 e. The number of nitrogens with one attached hydrogen (secondary N) is 1. The van der Waals surface area contributed by atoms with Gasteiger partial charge in [-0.05, 0) is 49.2 Å². The van der Waals surface area contributed by atoms with Gasteiger partial charge in [0.2, 0.25) is 0 Å². The summed E-state index contributed by atoms with van der Waals surface area (Å²) in [4.78, 5) is 14.1. The summed E-state index contributed by atoms with van der Waals surface area (Å²) in [5, 5.41) is -0.00955. The molecule has 3 rings (SSSR count). The van der Waals surface area contributed by atoms with Crippen LogP contribution in [0.25, 0.3) is 0 Å². The number of carbonyl (C=O) groups excluding carboxylic acids is 1. The van der Waals surface area contributed by atoms with Gasteiger partial charge in [0, 0.05) is 18.1 Å². The van der Waals surface area contributed by atoms with Crippen molar-refractivity contribution >= 4 is 44.8 Å². The molecular weight excluding hydrogens is 449 g/mol. The first-order valence-corrected chi connectivity index (χ1v) is 10.8. The third-order valence-electron chi connectivity index (χ3n) is 4.28. The lowest BCUT2D eigenvalue weighted by Crippen LogP contribution is -2.29. The Morgan fingerprint density at radius 3 is 2.41 bits per heavy atom. The molecule has 0 aromatic heterocycles. The number of carbonyl (C=O) groups is 1. The van der Waals surface area contributed by atoms with Crippen LogP contribution in [0.5, 0.6) is 5.75 Å². The van der Waals surface area contributed by atoms with E-state index < -0.39 is 16.6 Å². The molecule has 1 amide bonds. The number of hydrogen-bond acceptors (Lipinski definition) is 4. The van der Waals surface area contributed by atoms with Crippen molar-refractivity contribution in [2.75, 3.05) is 17.8 Å². The van der Waals surface area contributed by atoms with Crippen LogP contribution in [0.3, 0.4) is 0 Å². The lowest BCUT2D eigenvalue weighted by Gasteiger charge is -2.19. The van der Waals surface area contributed by atoms with Crippen molar-refractivity contribution in [3.05, 3.63) is 52.0 Å². The number of sulfonamides is 1. The quantitative estimate of drug-likeness (QED) is 0.675. The standard InChI is InChI=1S/C18H16Cl2F2N2O4S/c19-11-3-5-15(13(9-11)17(25)24-7-1-2-8-24)23-29(26,27)12-4-6-16(14(20)10-12)28-18(21)22/h3-6,9-10,18,23H,1-2,7-8H2. The number of alkyl halides is 2. The summed E-state index contributed by atoms with van der Waals surface area (Å²) < 4.78 is 56.7. The third kappa shape index (κ3) is 5.09. The molecule has 0 aliphatic carbocycles. The zero-order chi connectivity index (χ0) is 21.2. The molecule has 29 heavy (non-hydrogen) atoms. The van der Waals surface area contributed by atoms with Crippen LogP contribution in [-0.4, -0.2) is 38.9 Å². The lowest BCUT2D eigenvalue weighted by atomic mass is 10.1. The average Bonchev–Trinajstić information content (AvgIpc) is 3.18. The summed E-state index contributed by atoms with van der Waals surface area (Å²) in [6.45, 7) is -1.93. The van der Waals surface area contributed by atoms with Gasteiger partial charge in [0.25, 0.3) is 15.9 Å². The van der Waals surface area contributed by atoms with Crippen molar-refractivity contribution in [1.82, 2.24) is 4.90 Å². The summed E-state index contributed by atoms with van der Waals surface area (Å²) >= 11 is 11.8. The predicted molar refractivity (Wildman–Crippen MR) is 105 cm³/mol. The van der Waals surface area contributed by atoms with E-state index in [9.17, 15) is 22.0 Å². The normalized spacial score (nSPS) is 14.3. The molecule has 1 saturated heterocycles. The molecule has 11 heteroatoms. The van der Waals surface area contributed by atoms with Gasteiger partial charge >= 0.3 is 6.61 Å². The molecular formula is C18H16Cl2F2N2O4S. The number of ether oxygens (including phenoxy) is 1. The summed E-state index contributed by atoms with van der Waals surface area (Å²) in [6, 6.07) is 7.32. The molecule has 1 heterocycles. The van der Waals surface area contributed by atoms with Gasteiger partial charge in [0.1, 0.15) is 5.75 Å². The van der Waals surface area contributed by atoms with Crippen LogP contribution >= 0.6 is 23.2 Å². The fourth-order valence-electron chi connectivity index (χ4n) is 2.92. The van der Waals surface area contributed by atoms with E-state index in [1.165, 1.54) is 18.2 Å². The van der Waals surface area contributed by atoms with Gasteiger partial charge in [0.15, 0.2) is 0 Å². The molecule has 2 aromatic carbocycles. The molecule has 0 atom stereocenters. The Hall–Kier alpha value is -2.10. The SMILES string of the molecule is O=C(c1cc(Cl)ccc1NS(=O)(=O)c1ccc(OC(F)F)c(Cl)c1)N1CCCC1. The molecule has 1 N–H and O–H groups in total. The first-order valence-electron chi connectivity index (χ1n) is 8.53. The Labute approximate surface area is 176 Å². The van der Waals surface area contributed by atoms with Gasteiger partial charge in [-0.15, -0.1) is 0 Å². The van der Waals surface area contributed by atoms with E-state index in [-0.39, 0.29) is 37.8 Å². The minimum atomic E-state index is -4.16. The Balaban J connectivity index is 1.91. The number of benzene rings is 2. The second-order valence-electron chi connectivity index (χ2n) is 6.27. The summed E-state index contributed by atoms with van der Waals surface area (Å²) in [7, 11) is -4.16. The number of amides is 1. The Morgan fingerprint density at radius 1 is 1.10 bits per heavy atom. The van der Waals surface area contributed by atoms with E-state index in [1.807, 2.05) is 0 Å². The number of nitrogens with zero attached hydrogens (tertiary/aromatic N) is 1. The maximum atomic E-state index is 12.8. The minimum absolute atomic E-state index is 0.0512. The van der Waals surface area contributed by atoms with Crippen molar-refractivity contribution < 1.29 is 26.7 Å². The maximum absolute atomic E-state index is 12.8. The van der Waals surface area contributed by atoms with Crippen molar-refractivity contribution in [2.45, 2.75) is 24.3 Å². The summed E-state index contributed by atoms with van der Waals surface area (Å²) in [6.07, 6.45) is 1.75. The highest BCUT2D eigenvalue weighted by Crippen LogP contribution is 2.31. The molecule has 1 aliphatic heterocycles. The highest BCUT2D eigenvalue weighted by molar-refractivity contribution is 7.92. The number of hydrogen-bond donors (Lipinski definition) is 1. The maximum Gasteiger partial charge on any atom is 0.387 e. The van der Waals surface area contributed by atoms with Crippen molar-refractivity contribution in [3.8, 4) is 5.75 Å². The summed E-state index contributed by atoms with van der Waals surface area (Å²) in [5.74, 6) is -0.682. The van der Waals surface area contributed by atoms with E-state index in [2.05, 4.69) is 9.46 Å². The lowest BCUT2D eigenvalue weighted by molar-refractivity contribution is -0.0498. The molecule has 0 unspecified atom stereocenters. The van der Waals surface area contributed by atoms with Crippen LogP contribution in [-0.2, 0) is 10.0 Å². The predicted octanol–water partition coefficient (Wildman–Crippen LogP) is 4.63. The fourth-order valence-corrected chi connectivity index (χ4v) is 4.48. The zero-order valence-electron chi connectivity index (χ0n) is 14.9. The Kier molecular flexibility index (Phi) is 6.50. The first-order chi connectivity index (χ1) is 13.7. The number of rotatable bonds is 6. The van der Waals surface area contributed by atoms with Crippen molar-refractivity contribution in [2.24, 2.45) is 0 Å². The third-order valence-corrected chi connectivity index (χ3v) is 6.17. The van der Waals surface area contributed by atoms with E-state index in [4.69, 9.17) is 23.2 Å². The smallest absolute Gasteiger partial charge is 0.387 e. The largest absolute Gasteiger partial charge is 0.433 e. The van der Waals surface area contributed by atoms with Gasteiger partial charge in [-0.2, -0.15) is 8.78 Å². The fraction of sp³-hybridized carbons (Fsp3) is 0.278. The zero-order valence-corrected chi connectivity index (χ0v) is 17.2. The van der Waals surface area contributed by atoms with Crippen LogP contribution in [0.2, 0.25) is 10.0 Å².